The number of hydrogen-bond donors (Lipinski definition) is 1. The number of carbonyl (C=O) groups excluding carboxylic acids is 1. The Labute approximate surface area is 100 Å². The predicted octanol–water partition coefficient (Wildman–Crippen LogP) is 3.16. The predicted molar refractivity (Wildman–Crippen MR) is 68.5 cm³/mol. The van der Waals surface area contributed by atoms with Gasteiger partial charge in [0.15, 0.2) is 0 Å². The van der Waals surface area contributed by atoms with Gasteiger partial charge in [-0.2, -0.15) is 0 Å². The minimum absolute atomic E-state index is 0.344. The van der Waals surface area contributed by atoms with Gasteiger partial charge in [-0.25, -0.2) is 0 Å². The summed E-state index contributed by atoms with van der Waals surface area (Å²) in [5.41, 5.74) is 0. The molecule has 1 aliphatic carbocycles. The smallest absolute Gasteiger partial charge is 0.137 e. The lowest BCUT2D eigenvalue weighted by atomic mass is 9.74. The van der Waals surface area contributed by atoms with Crippen molar-refractivity contribution >= 4 is 5.78 Å². The van der Waals surface area contributed by atoms with E-state index in [0.717, 1.165) is 19.4 Å². The molecule has 0 aliphatic heterocycles. The highest BCUT2D eigenvalue weighted by atomic mass is 16.1. The summed E-state index contributed by atoms with van der Waals surface area (Å²) in [6, 6.07) is 0.344. The summed E-state index contributed by atoms with van der Waals surface area (Å²) < 4.78 is 0. The van der Waals surface area contributed by atoms with Gasteiger partial charge in [0.05, 0.1) is 0 Å². The molecular weight excluding hydrogens is 198 g/mol. The standard InChI is InChI=1S/C14H27NO/c1-4-12-8-6-7-9-13(12)14(16)10-11(3)15-5-2/h11-13,15H,4-10H2,1-3H3. The third-order valence-corrected chi connectivity index (χ3v) is 3.91. The molecule has 0 heterocycles. The van der Waals surface area contributed by atoms with Gasteiger partial charge < -0.3 is 5.32 Å². The molecule has 1 fully saturated rings. The molecule has 0 spiro atoms. The topological polar surface area (TPSA) is 29.1 Å². The van der Waals surface area contributed by atoms with Crippen LogP contribution in [0.2, 0.25) is 0 Å². The summed E-state index contributed by atoms with van der Waals surface area (Å²) in [6.07, 6.45) is 6.87. The van der Waals surface area contributed by atoms with Crippen LogP contribution in [0.25, 0.3) is 0 Å². The van der Waals surface area contributed by atoms with E-state index < -0.39 is 0 Å². The monoisotopic (exact) mass is 225 g/mol. The molecule has 3 unspecified atom stereocenters. The van der Waals surface area contributed by atoms with E-state index in [9.17, 15) is 4.79 Å². The van der Waals surface area contributed by atoms with Crippen LogP contribution in [0.3, 0.4) is 0 Å². The van der Waals surface area contributed by atoms with Crippen LogP contribution in [-0.4, -0.2) is 18.4 Å². The van der Waals surface area contributed by atoms with Crippen molar-refractivity contribution in [1.29, 1.82) is 0 Å². The molecule has 0 amide bonds. The minimum atomic E-state index is 0.344. The van der Waals surface area contributed by atoms with E-state index in [0.29, 0.717) is 23.7 Å². The molecule has 1 aliphatic rings. The Bertz CT molecular complexity index is 215. The fraction of sp³-hybridized carbons (Fsp3) is 0.929. The number of hydrogen-bond acceptors (Lipinski definition) is 2. The second kappa shape index (κ2) is 7.05. The fourth-order valence-electron chi connectivity index (χ4n) is 2.99. The van der Waals surface area contributed by atoms with Crippen LogP contribution in [0, 0.1) is 11.8 Å². The minimum Gasteiger partial charge on any atom is -0.314 e. The van der Waals surface area contributed by atoms with Crippen molar-refractivity contribution in [2.45, 2.75) is 65.3 Å². The highest BCUT2D eigenvalue weighted by Crippen LogP contribution is 2.33. The summed E-state index contributed by atoms with van der Waals surface area (Å²) in [5, 5.41) is 3.33. The number of ketones is 1. The summed E-state index contributed by atoms with van der Waals surface area (Å²) in [4.78, 5) is 12.2. The van der Waals surface area contributed by atoms with Crippen LogP contribution >= 0.6 is 0 Å². The fourth-order valence-corrected chi connectivity index (χ4v) is 2.99. The van der Waals surface area contributed by atoms with E-state index >= 15 is 0 Å². The number of carbonyl (C=O) groups is 1. The molecule has 0 radical (unpaired) electrons. The van der Waals surface area contributed by atoms with Crippen LogP contribution in [-0.2, 0) is 4.79 Å². The SMILES string of the molecule is CCNC(C)CC(=O)C1CCCCC1CC. The van der Waals surface area contributed by atoms with Crippen LogP contribution in [0.1, 0.15) is 59.3 Å². The molecule has 0 aromatic rings. The Morgan fingerprint density at radius 2 is 2.00 bits per heavy atom. The molecule has 0 aromatic heterocycles. The summed E-state index contributed by atoms with van der Waals surface area (Å²) >= 11 is 0. The Hall–Kier alpha value is -0.370. The normalized spacial score (nSPS) is 27.7. The maximum atomic E-state index is 12.2. The molecular formula is C14H27NO. The molecule has 0 saturated heterocycles. The lowest BCUT2D eigenvalue weighted by Gasteiger charge is -2.30. The van der Waals surface area contributed by atoms with Gasteiger partial charge in [-0.3, -0.25) is 4.79 Å². The molecule has 1 saturated carbocycles. The lowest BCUT2D eigenvalue weighted by Crippen LogP contribution is -2.33. The van der Waals surface area contributed by atoms with Gasteiger partial charge in [-0.05, 0) is 32.2 Å². The number of rotatable bonds is 6. The van der Waals surface area contributed by atoms with E-state index in [4.69, 9.17) is 0 Å². The van der Waals surface area contributed by atoms with Gasteiger partial charge in [0.25, 0.3) is 0 Å². The first-order valence-electron chi connectivity index (χ1n) is 6.95. The average Bonchev–Trinajstić information content (AvgIpc) is 2.29. The van der Waals surface area contributed by atoms with Crippen LogP contribution in [0.15, 0.2) is 0 Å². The maximum absolute atomic E-state index is 12.2. The average molecular weight is 225 g/mol. The van der Waals surface area contributed by atoms with Crippen LogP contribution in [0.5, 0.6) is 0 Å². The third-order valence-electron chi connectivity index (χ3n) is 3.91. The molecule has 0 bridgehead atoms. The van der Waals surface area contributed by atoms with Crippen LogP contribution in [0.4, 0.5) is 0 Å². The lowest BCUT2D eigenvalue weighted by molar-refractivity contribution is -0.126. The van der Waals surface area contributed by atoms with Gasteiger partial charge >= 0.3 is 0 Å². The molecule has 16 heavy (non-hydrogen) atoms. The molecule has 2 heteroatoms. The summed E-state index contributed by atoms with van der Waals surface area (Å²) in [5.74, 6) is 1.52. The molecule has 94 valence electrons. The molecule has 1 rings (SSSR count). The van der Waals surface area contributed by atoms with Gasteiger partial charge in [0, 0.05) is 18.4 Å². The Kier molecular flexibility index (Phi) is 6.04. The number of Topliss-reactive ketones (excluding diaryl/α,β-unsaturated/α-hetero) is 1. The van der Waals surface area contributed by atoms with Crippen molar-refractivity contribution in [3.8, 4) is 0 Å². The molecule has 1 N–H and O–H groups in total. The first-order chi connectivity index (χ1) is 7.69. The second-order valence-corrected chi connectivity index (χ2v) is 5.19. The zero-order chi connectivity index (χ0) is 12.0. The Balaban J connectivity index is 2.44. The first kappa shape index (κ1) is 13.7. The third kappa shape index (κ3) is 3.89. The van der Waals surface area contributed by atoms with Crippen molar-refractivity contribution in [2.75, 3.05) is 6.54 Å². The van der Waals surface area contributed by atoms with Gasteiger partial charge in [0.2, 0.25) is 0 Å². The van der Waals surface area contributed by atoms with Gasteiger partial charge in [-0.15, -0.1) is 0 Å². The highest BCUT2D eigenvalue weighted by Gasteiger charge is 2.29. The van der Waals surface area contributed by atoms with Gasteiger partial charge in [0.1, 0.15) is 5.78 Å². The summed E-state index contributed by atoms with van der Waals surface area (Å²) in [6.45, 7) is 7.39. The largest absolute Gasteiger partial charge is 0.314 e. The van der Waals surface area contributed by atoms with Crippen molar-refractivity contribution in [3.05, 3.63) is 0 Å². The van der Waals surface area contributed by atoms with E-state index in [1.54, 1.807) is 0 Å². The zero-order valence-corrected chi connectivity index (χ0v) is 11.1. The highest BCUT2D eigenvalue weighted by molar-refractivity contribution is 5.81. The second-order valence-electron chi connectivity index (χ2n) is 5.19. The van der Waals surface area contributed by atoms with E-state index in [1.165, 1.54) is 25.7 Å². The zero-order valence-electron chi connectivity index (χ0n) is 11.1. The quantitative estimate of drug-likeness (QED) is 0.752. The van der Waals surface area contributed by atoms with Crippen molar-refractivity contribution in [3.63, 3.8) is 0 Å². The van der Waals surface area contributed by atoms with E-state index in [2.05, 4.69) is 26.1 Å². The van der Waals surface area contributed by atoms with Crippen molar-refractivity contribution < 1.29 is 4.79 Å². The molecule has 3 atom stereocenters. The van der Waals surface area contributed by atoms with E-state index in [-0.39, 0.29) is 0 Å². The molecule has 2 nitrogen and oxygen atoms in total. The first-order valence-corrected chi connectivity index (χ1v) is 6.95. The maximum Gasteiger partial charge on any atom is 0.137 e. The Morgan fingerprint density at radius 3 is 2.62 bits per heavy atom. The van der Waals surface area contributed by atoms with Crippen LogP contribution < -0.4 is 5.32 Å². The van der Waals surface area contributed by atoms with Crippen molar-refractivity contribution in [2.24, 2.45) is 11.8 Å². The van der Waals surface area contributed by atoms with E-state index in [1.807, 2.05) is 0 Å². The van der Waals surface area contributed by atoms with Gasteiger partial charge in [-0.1, -0.05) is 33.1 Å². The van der Waals surface area contributed by atoms with Crippen molar-refractivity contribution in [1.82, 2.24) is 5.32 Å². The number of nitrogens with one attached hydrogen (secondary N) is 1. The summed E-state index contributed by atoms with van der Waals surface area (Å²) in [7, 11) is 0. The Morgan fingerprint density at radius 1 is 1.31 bits per heavy atom. The molecule has 0 aromatic carbocycles.